The van der Waals surface area contributed by atoms with Crippen molar-refractivity contribution in [1.29, 1.82) is 0 Å². The molecule has 0 amide bonds. The molecule has 0 radical (unpaired) electrons. The van der Waals surface area contributed by atoms with Gasteiger partial charge in [-0.3, -0.25) is 10.1 Å². The van der Waals surface area contributed by atoms with E-state index in [2.05, 4.69) is 4.98 Å². The molecular formula is C16H12N2O3. The van der Waals surface area contributed by atoms with Gasteiger partial charge in [0.05, 0.1) is 10.5 Å². The molecule has 1 heterocycles. The Bertz CT molecular complexity index is 842. The fraction of sp³-hybridized carbons (Fsp3) is 0.0625. The number of nitro benzene ring substituents is 1. The van der Waals surface area contributed by atoms with Crippen LogP contribution in [-0.4, -0.2) is 15.0 Å². The fourth-order valence-electron chi connectivity index (χ4n) is 2.35. The van der Waals surface area contributed by atoms with E-state index >= 15 is 0 Å². The van der Waals surface area contributed by atoms with Gasteiger partial charge in [0.15, 0.2) is 5.52 Å². The number of aryl methyl sites for hydroxylation is 1. The van der Waals surface area contributed by atoms with Gasteiger partial charge in [0, 0.05) is 11.6 Å². The quantitative estimate of drug-likeness (QED) is 0.571. The predicted molar refractivity (Wildman–Crippen MR) is 80.2 cm³/mol. The molecule has 3 aromatic rings. The van der Waals surface area contributed by atoms with Gasteiger partial charge in [0.25, 0.3) is 0 Å². The lowest BCUT2D eigenvalue weighted by Crippen LogP contribution is -1.95. The summed E-state index contributed by atoms with van der Waals surface area (Å²) in [5, 5.41) is 22.0. The van der Waals surface area contributed by atoms with Crippen LogP contribution in [0.1, 0.15) is 5.56 Å². The Morgan fingerprint density at radius 3 is 2.57 bits per heavy atom. The topological polar surface area (TPSA) is 76.3 Å². The third-order valence-corrected chi connectivity index (χ3v) is 3.39. The second-order valence-electron chi connectivity index (χ2n) is 4.81. The molecule has 0 aliphatic rings. The first-order valence-corrected chi connectivity index (χ1v) is 6.40. The first kappa shape index (κ1) is 13.1. The van der Waals surface area contributed by atoms with Gasteiger partial charge in [-0.05, 0) is 30.7 Å². The van der Waals surface area contributed by atoms with Gasteiger partial charge in [-0.25, -0.2) is 4.98 Å². The van der Waals surface area contributed by atoms with Gasteiger partial charge < -0.3 is 5.11 Å². The maximum absolute atomic E-state index is 11.5. The number of nitro groups is 1. The van der Waals surface area contributed by atoms with E-state index in [1.807, 2.05) is 19.1 Å². The zero-order valence-electron chi connectivity index (χ0n) is 11.3. The molecular weight excluding hydrogens is 268 g/mol. The molecule has 1 aromatic heterocycles. The Morgan fingerprint density at radius 1 is 1.19 bits per heavy atom. The average molecular weight is 280 g/mol. The van der Waals surface area contributed by atoms with Crippen LogP contribution in [0.3, 0.4) is 0 Å². The van der Waals surface area contributed by atoms with E-state index in [0.717, 1.165) is 5.56 Å². The molecule has 5 nitrogen and oxygen atoms in total. The highest BCUT2D eigenvalue weighted by molar-refractivity contribution is 5.99. The van der Waals surface area contributed by atoms with Crippen molar-refractivity contribution in [1.82, 2.24) is 4.98 Å². The molecule has 5 heteroatoms. The number of hydrogen-bond donors (Lipinski definition) is 1. The standard InChI is InChI=1S/C16H12N2O3/c1-10-4-6-11(7-5-10)13-9-14(19)12-3-2-8-17-15(12)16(13)18(20)21/h2-9,19H,1H3. The lowest BCUT2D eigenvalue weighted by Gasteiger charge is -2.08. The summed E-state index contributed by atoms with van der Waals surface area (Å²) in [6, 6.07) is 12.0. The number of aromatic hydroxyl groups is 1. The summed E-state index contributed by atoms with van der Waals surface area (Å²) in [7, 11) is 0. The number of fused-ring (bicyclic) bond motifs is 1. The van der Waals surface area contributed by atoms with Crippen LogP contribution in [0, 0.1) is 17.0 Å². The average Bonchev–Trinajstić information content (AvgIpc) is 2.47. The van der Waals surface area contributed by atoms with E-state index in [1.165, 1.54) is 12.3 Å². The van der Waals surface area contributed by atoms with Crippen LogP contribution in [0.15, 0.2) is 48.7 Å². The molecule has 1 N–H and O–H groups in total. The summed E-state index contributed by atoms with van der Waals surface area (Å²) >= 11 is 0. The molecule has 0 saturated heterocycles. The lowest BCUT2D eigenvalue weighted by molar-refractivity contribution is -0.382. The molecule has 0 spiro atoms. The fourth-order valence-corrected chi connectivity index (χ4v) is 2.35. The van der Waals surface area contributed by atoms with Crippen molar-refractivity contribution in [3.63, 3.8) is 0 Å². The zero-order chi connectivity index (χ0) is 15.0. The highest BCUT2D eigenvalue weighted by atomic mass is 16.6. The van der Waals surface area contributed by atoms with Crippen molar-refractivity contribution in [2.75, 3.05) is 0 Å². The molecule has 0 saturated carbocycles. The summed E-state index contributed by atoms with van der Waals surface area (Å²) in [5.41, 5.74) is 2.20. The maximum Gasteiger partial charge on any atom is 0.303 e. The molecule has 104 valence electrons. The van der Waals surface area contributed by atoms with E-state index in [1.54, 1.807) is 24.3 Å². The van der Waals surface area contributed by atoms with Gasteiger partial charge in [-0.2, -0.15) is 0 Å². The molecule has 21 heavy (non-hydrogen) atoms. The molecule has 0 aliphatic heterocycles. The second kappa shape index (κ2) is 4.86. The largest absolute Gasteiger partial charge is 0.507 e. The number of nitrogens with zero attached hydrogens (tertiary/aromatic N) is 2. The maximum atomic E-state index is 11.5. The lowest BCUT2D eigenvalue weighted by atomic mass is 9.99. The minimum atomic E-state index is -0.454. The van der Waals surface area contributed by atoms with E-state index in [9.17, 15) is 15.2 Å². The Hall–Kier alpha value is -2.95. The van der Waals surface area contributed by atoms with Gasteiger partial charge in [-0.1, -0.05) is 29.8 Å². The highest BCUT2D eigenvalue weighted by Crippen LogP contribution is 2.40. The Morgan fingerprint density at radius 2 is 1.90 bits per heavy atom. The molecule has 2 aromatic carbocycles. The van der Waals surface area contributed by atoms with E-state index < -0.39 is 4.92 Å². The molecule has 0 atom stereocenters. The third-order valence-electron chi connectivity index (χ3n) is 3.39. The van der Waals surface area contributed by atoms with Gasteiger partial charge in [0.2, 0.25) is 0 Å². The number of hydrogen-bond acceptors (Lipinski definition) is 4. The molecule has 3 rings (SSSR count). The van der Waals surface area contributed by atoms with E-state index in [0.29, 0.717) is 16.5 Å². The first-order valence-electron chi connectivity index (χ1n) is 6.40. The summed E-state index contributed by atoms with van der Waals surface area (Å²) in [6.07, 6.45) is 1.48. The minimum absolute atomic E-state index is 0.0146. The Balaban J connectivity index is 2.39. The normalized spacial score (nSPS) is 10.7. The number of pyridine rings is 1. The smallest absolute Gasteiger partial charge is 0.303 e. The first-order chi connectivity index (χ1) is 10.1. The van der Waals surface area contributed by atoms with Gasteiger partial charge in [-0.15, -0.1) is 0 Å². The van der Waals surface area contributed by atoms with Crippen molar-refractivity contribution in [3.05, 3.63) is 64.3 Å². The Kier molecular flexibility index (Phi) is 3.02. The van der Waals surface area contributed by atoms with Crippen molar-refractivity contribution in [2.24, 2.45) is 0 Å². The minimum Gasteiger partial charge on any atom is -0.507 e. The third kappa shape index (κ3) is 2.18. The van der Waals surface area contributed by atoms with E-state index in [4.69, 9.17) is 0 Å². The Labute approximate surface area is 120 Å². The van der Waals surface area contributed by atoms with Crippen LogP contribution in [0.5, 0.6) is 5.75 Å². The van der Waals surface area contributed by atoms with Crippen LogP contribution in [0.4, 0.5) is 5.69 Å². The number of phenols is 1. The number of rotatable bonds is 2. The van der Waals surface area contributed by atoms with E-state index in [-0.39, 0.29) is 17.0 Å². The second-order valence-corrected chi connectivity index (χ2v) is 4.81. The molecule has 0 unspecified atom stereocenters. The summed E-state index contributed by atoms with van der Waals surface area (Å²) in [5.74, 6) is -0.0146. The summed E-state index contributed by atoms with van der Waals surface area (Å²) in [6.45, 7) is 1.94. The van der Waals surface area contributed by atoms with Gasteiger partial charge in [0.1, 0.15) is 5.75 Å². The highest BCUT2D eigenvalue weighted by Gasteiger charge is 2.23. The number of benzene rings is 2. The van der Waals surface area contributed by atoms with Crippen molar-refractivity contribution in [2.45, 2.75) is 6.92 Å². The van der Waals surface area contributed by atoms with Crippen molar-refractivity contribution < 1.29 is 10.0 Å². The van der Waals surface area contributed by atoms with Crippen LogP contribution in [0.25, 0.3) is 22.0 Å². The molecule has 0 fully saturated rings. The molecule has 0 bridgehead atoms. The number of aromatic nitrogens is 1. The predicted octanol–water partition coefficient (Wildman–Crippen LogP) is 3.82. The van der Waals surface area contributed by atoms with Crippen LogP contribution < -0.4 is 0 Å². The van der Waals surface area contributed by atoms with Crippen molar-refractivity contribution >= 4 is 16.6 Å². The SMILES string of the molecule is Cc1ccc(-c2cc(O)c3cccnc3c2[N+](=O)[O-])cc1. The molecule has 0 aliphatic carbocycles. The van der Waals surface area contributed by atoms with Crippen LogP contribution >= 0.6 is 0 Å². The van der Waals surface area contributed by atoms with Gasteiger partial charge >= 0.3 is 5.69 Å². The van der Waals surface area contributed by atoms with Crippen LogP contribution in [0.2, 0.25) is 0 Å². The van der Waals surface area contributed by atoms with Crippen LogP contribution in [-0.2, 0) is 0 Å². The zero-order valence-corrected chi connectivity index (χ0v) is 11.3. The monoisotopic (exact) mass is 280 g/mol. The summed E-state index contributed by atoms with van der Waals surface area (Å²) in [4.78, 5) is 15.1. The van der Waals surface area contributed by atoms with Crippen molar-refractivity contribution in [3.8, 4) is 16.9 Å². The summed E-state index contributed by atoms with van der Waals surface area (Å²) < 4.78 is 0. The number of phenolic OH excluding ortho intramolecular Hbond substituents is 1.